The summed E-state index contributed by atoms with van der Waals surface area (Å²) in [6, 6.07) is 11.2. The number of likely N-dealkylation sites (tertiary alicyclic amines) is 1. The molecule has 4 nitrogen and oxygen atoms in total. The molecule has 0 unspecified atom stereocenters. The summed E-state index contributed by atoms with van der Waals surface area (Å²) in [5.41, 5.74) is 4.62. The minimum absolute atomic E-state index is 0.470. The van der Waals surface area contributed by atoms with Gasteiger partial charge in [-0.15, -0.1) is 10.2 Å². The van der Waals surface area contributed by atoms with Crippen molar-refractivity contribution in [1.29, 1.82) is 0 Å². The highest BCUT2D eigenvalue weighted by molar-refractivity contribution is 5.64. The van der Waals surface area contributed by atoms with Gasteiger partial charge in [-0.25, -0.2) is 0 Å². The van der Waals surface area contributed by atoms with Gasteiger partial charge in [0, 0.05) is 18.2 Å². The summed E-state index contributed by atoms with van der Waals surface area (Å²) in [6.45, 7) is 6.54. The minimum Gasteiger partial charge on any atom is -0.365 e. The summed E-state index contributed by atoms with van der Waals surface area (Å²) in [6.07, 6.45) is 3.50. The standard InChI is InChI=1S/C19H26N4/c1-4-15-7-9-16(10-8-15)19-14(2)12-18(21-22-19)20-17-6-5-11-23(3)13-17/h7-10,12,17H,4-6,11,13H2,1-3H3,(H,20,21)/t17-/m1/s1. The predicted molar refractivity (Wildman–Crippen MR) is 95.7 cm³/mol. The predicted octanol–water partition coefficient (Wildman–Crippen LogP) is 3.52. The average Bonchev–Trinajstić information content (AvgIpc) is 2.55. The first-order chi connectivity index (χ1) is 11.2. The summed E-state index contributed by atoms with van der Waals surface area (Å²) in [5, 5.41) is 12.4. The van der Waals surface area contributed by atoms with Crippen molar-refractivity contribution < 1.29 is 0 Å². The van der Waals surface area contributed by atoms with Crippen LogP contribution in [0.3, 0.4) is 0 Å². The van der Waals surface area contributed by atoms with Crippen LogP contribution in [0.5, 0.6) is 0 Å². The Labute approximate surface area is 138 Å². The maximum atomic E-state index is 4.46. The van der Waals surface area contributed by atoms with Gasteiger partial charge < -0.3 is 10.2 Å². The average molecular weight is 310 g/mol. The SMILES string of the molecule is CCc1ccc(-c2nnc(N[C@@H]3CCCN(C)C3)cc2C)cc1. The van der Waals surface area contributed by atoms with Crippen LogP contribution in [-0.2, 0) is 6.42 Å². The maximum Gasteiger partial charge on any atom is 0.149 e. The van der Waals surface area contributed by atoms with Crippen LogP contribution >= 0.6 is 0 Å². The summed E-state index contributed by atoms with van der Waals surface area (Å²) < 4.78 is 0. The van der Waals surface area contributed by atoms with E-state index in [4.69, 9.17) is 0 Å². The van der Waals surface area contributed by atoms with Gasteiger partial charge in [-0.1, -0.05) is 31.2 Å². The molecule has 0 aliphatic carbocycles. The van der Waals surface area contributed by atoms with E-state index in [1.165, 1.54) is 24.9 Å². The quantitative estimate of drug-likeness (QED) is 0.938. The lowest BCUT2D eigenvalue weighted by Gasteiger charge is -2.30. The smallest absolute Gasteiger partial charge is 0.149 e. The van der Waals surface area contributed by atoms with Gasteiger partial charge >= 0.3 is 0 Å². The second kappa shape index (κ2) is 7.09. The van der Waals surface area contributed by atoms with Gasteiger partial charge in [0.25, 0.3) is 0 Å². The third-order valence-corrected chi connectivity index (χ3v) is 4.60. The highest BCUT2D eigenvalue weighted by atomic mass is 15.2. The van der Waals surface area contributed by atoms with Gasteiger partial charge in [-0.3, -0.25) is 0 Å². The molecule has 4 heteroatoms. The van der Waals surface area contributed by atoms with Crippen molar-refractivity contribution in [3.63, 3.8) is 0 Å². The summed E-state index contributed by atoms with van der Waals surface area (Å²) in [7, 11) is 2.17. The third kappa shape index (κ3) is 3.88. The van der Waals surface area contributed by atoms with Crippen LogP contribution in [-0.4, -0.2) is 41.3 Å². The molecule has 1 fully saturated rings. The molecule has 1 aliphatic heterocycles. The van der Waals surface area contributed by atoms with Crippen LogP contribution in [0.25, 0.3) is 11.3 Å². The van der Waals surface area contributed by atoms with Crippen molar-refractivity contribution in [2.45, 2.75) is 39.2 Å². The molecule has 0 saturated carbocycles. The molecule has 1 saturated heterocycles. The largest absolute Gasteiger partial charge is 0.365 e. The number of nitrogens with zero attached hydrogens (tertiary/aromatic N) is 3. The van der Waals surface area contributed by atoms with Gasteiger partial charge in [0.2, 0.25) is 0 Å². The molecule has 0 spiro atoms. The fourth-order valence-corrected chi connectivity index (χ4v) is 3.23. The highest BCUT2D eigenvalue weighted by Gasteiger charge is 2.17. The number of anilines is 1. The Balaban J connectivity index is 1.74. The Hall–Kier alpha value is -1.94. The fourth-order valence-electron chi connectivity index (χ4n) is 3.23. The number of aromatic nitrogens is 2. The maximum absolute atomic E-state index is 4.46. The Morgan fingerprint density at radius 1 is 1.22 bits per heavy atom. The zero-order valence-electron chi connectivity index (χ0n) is 14.3. The van der Waals surface area contributed by atoms with Crippen LogP contribution < -0.4 is 5.32 Å². The molecule has 1 aromatic carbocycles. The van der Waals surface area contributed by atoms with Crippen LogP contribution in [0, 0.1) is 6.92 Å². The van der Waals surface area contributed by atoms with Crippen molar-refractivity contribution in [1.82, 2.24) is 15.1 Å². The second-order valence-corrected chi connectivity index (χ2v) is 6.56. The van der Waals surface area contributed by atoms with E-state index < -0.39 is 0 Å². The molecule has 1 atom stereocenters. The van der Waals surface area contributed by atoms with E-state index in [0.29, 0.717) is 6.04 Å². The van der Waals surface area contributed by atoms with E-state index in [0.717, 1.165) is 35.6 Å². The Morgan fingerprint density at radius 3 is 2.65 bits per heavy atom. The van der Waals surface area contributed by atoms with Crippen LogP contribution in [0.1, 0.15) is 30.9 Å². The van der Waals surface area contributed by atoms with Gasteiger partial charge in [-0.05, 0) is 57.0 Å². The molecule has 0 radical (unpaired) electrons. The number of hydrogen-bond donors (Lipinski definition) is 1. The molecule has 3 rings (SSSR count). The van der Waals surface area contributed by atoms with E-state index in [-0.39, 0.29) is 0 Å². The molecule has 1 N–H and O–H groups in total. The van der Waals surface area contributed by atoms with Crippen molar-refractivity contribution in [2.24, 2.45) is 0 Å². The number of likely N-dealkylation sites (N-methyl/N-ethyl adjacent to an activating group) is 1. The van der Waals surface area contributed by atoms with Gasteiger partial charge in [0.1, 0.15) is 5.82 Å². The zero-order valence-corrected chi connectivity index (χ0v) is 14.3. The fraction of sp³-hybridized carbons (Fsp3) is 0.474. The first-order valence-electron chi connectivity index (χ1n) is 8.54. The molecular formula is C19H26N4. The number of rotatable bonds is 4. The van der Waals surface area contributed by atoms with Gasteiger partial charge in [0.05, 0.1) is 5.69 Å². The Morgan fingerprint density at radius 2 is 2.00 bits per heavy atom. The molecule has 0 bridgehead atoms. The van der Waals surface area contributed by atoms with Gasteiger partial charge in [0.15, 0.2) is 0 Å². The number of hydrogen-bond acceptors (Lipinski definition) is 4. The lowest BCUT2D eigenvalue weighted by Crippen LogP contribution is -2.39. The lowest BCUT2D eigenvalue weighted by atomic mass is 10.0. The summed E-state index contributed by atoms with van der Waals surface area (Å²) in [4.78, 5) is 2.37. The Kier molecular flexibility index (Phi) is 4.91. The van der Waals surface area contributed by atoms with Crippen LogP contribution in [0.15, 0.2) is 30.3 Å². The molecule has 1 aliphatic rings. The van der Waals surface area contributed by atoms with E-state index in [9.17, 15) is 0 Å². The van der Waals surface area contributed by atoms with E-state index >= 15 is 0 Å². The van der Waals surface area contributed by atoms with Crippen molar-refractivity contribution in [2.75, 3.05) is 25.5 Å². The summed E-state index contributed by atoms with van der Waals surface area (Å²) >= 11 is 0. The molecule has 23 heavy (non-hydrogen) atoms. The first kappa shape index (κ1) is 15.9. The highest BCUT2D eigenvalue weighted by Crippen LogP contribution is 2.23. The van der Waals surface area contributed by atoms with Crippen molar-refractivity contribution in [3.8, 4) is 11.3 Å². The van der Waals surface area contributed by atoms with E-state index in [1.54, 1.807) is 0 Å². The van der Waals surface area contributed by atoms with E-state index in [1.807, 2.05) is 0 Å². The molecule has 2 heterocycles. The number of piperidine rings is 1. The third-order valence-electron chi connectivity index (χ3n) is 4.60. The first-order valence-corrected chi connectivity index (χ1v) is 8.54. The number of benzene rings is 1. The van der Waals surface area contributed by atoms with Crippen LogP contribution in [0.2, 0.25) is 0 Å². The van der Waals surface area contributed by atoms with Crippen LogP contribution in [0.4, 0.5) is 5.82 Å². The minimum atomic E-state index is 0.470. The second-order valence-electron chi connectivity index (χ2n) is 6.56. The molecule has 2 aromatic rings. The van der Waals surface area contributed by atoms with Crippen molar-refractivity contribution in [3.05, 3.63) is 41.5 Å². The van der Waals surface area contributed by atoms with Crippen molar-refractivity contribution >= 4 is 5.82 Å². The van der Waals surface area contributed by atoms with Gasteiger partial charge in [-0.2, -0.15) is 0 Å². The molecular weight excluding hydrogens is 284 g/mol. The zero-order chi connectivity index (χ0) is 16.2. The topological polar surface area (TPSA) is 41.1 Å². The van der Waals surface area contributed by atoms with E-state index in [2.05, 4.69) is 71.6 Å². The molecule has 122 valence electrons. The summed E-state index contributed by atoms with van der Waals surface area (Å²) in [5.74, 6) is 0.886. The molecule has 0 amide bonds. The lowest BCUT2D eigenvalue weighted by molar-refractivity contribution is 0.260. The Bertz CT molecular complexity index is 651. The number of nitrogens with one attached hydrogen (secondary N) is 1. The normalized spacial score (nSPS) is 18.8. The number of aryl methyl sites for hydroxylation is 2. The molecule has 1 aromatic heterocycles. The monoisotopic (exact) mass is 310 g/mol.